The minimum absolute atomic E-state index is 0.0471. The van der Waals surface area contributed by atoms with E-state index < -0.39 is 0 Å². The van der Waals surface area contributed by atoms with Crippen molar-refractivity contribution in [1.29, 1.82) is 0 Å². The van der Waals surface area contributed by atoms with E-state index in [4.69, 9.17) is 21.4 Å². The van der Waals surface area contributed by atoms with Gasteiger partial charge >= 0.3 is 0 Å². The number of amides is 1. The summed E-state index contributed by atoms with van der Waals surface area (Å²) in [7, 11) is 0. The van der Waals surface area contributed by atoms with Gasteiger partial charge in [-0.2, -0.15) is 5.10 Å². The number of hydrogen-bond donors (Lipinski definition) is 0. The third kappa shape index (κ3) is 3.55. The minimum atomic E-state index is -0.0471. The molecule has 1 aromatic heterocycles. The van der Waals surface area contributed by atoms with Crippen LogP contribution >= 0.6 is 11.6 Å². The molecule has 1 amide bonds. The second-order valence-electron chi connectivity index (χ2n) is 7.00. The van der Waals surface area contributed by atoms with E-state index in [-0.39, 0.29) is 5.91 Å². The average Bonchev–Trinajstić information content (AvgIpc) is 3.13. The molecule has 2 aromatic carbocycles. The molecule has 1 aliphatic heterocycles. The third-order valence-electron chi connectivity index (χ3n) is 4.96. The zero-order valence-corrected chi connectivity index (χ0v) is 16.7. The second-order valence-corrected chi connectivity index (χ2v) is 7.41. The molecule has 0 radical (unpaired) electrons. The highest BCUT2D eigenvalue weighted by Gasteiger charge is 2.25. The summed E-state index contributed by atoms with van der Waals surface area (Å²) >= 11 is 6.39. The van der Waals surface area contributed by atoms with Crippen LogP contribution in [0.1, 0.15) is 21.6 Å². The van der Waals surface area contributed by atoms with E-state index in [9.17, 15) is 4.79 Å². The SMILES string of the molecule is Cc1ccc(-n2nc(-c3ccccc3Cl)cc2C(=O)N2CCOCC2)c(C)c1. The number of benzene rings is 2. The van der Waals surface area contributed by atoms with Crippen molar-refractivity contribution < 1.29 is 9.53 Å². The van der Waals surface area contributed by atoms with Crippen LogP contribution < -0.4 is 0 Å². The van der Waals surface area contributed by atoms with E-state index in [2.05, 4.69) is 13.0 Å². The lowest BCUT2D eigenvalue weighted by Gasteiger charge is -2.27. The van der Waals surface area contributed by atoms with Crippen LogP contribution in [0.5, 0.6) is 0 Å². The fourth-order valence-corrected chi connectivity index (χ4v) is 3.72. The van der Waals surface area contributed by atoms with Gasteiger partial charge in [-0.25, -0.2) is 4.68 Å². The van der Waals surface area contributed by atoms with E-state index in [1.807, 2.05) is 54.3 Å². The maximum Gasteiger partial charge on any atom is 0.272 e. The van der Waals surface area contributed by atoms with Gasteiger partial charge in [-0.15, -0.1) is 0 Å². The largest absolute Gasteiger partial charge is 0.378 e. The highest BCUT2D eigenvalue weighted by atomic mass is 35.5. The lowest BCUT2D eigenvalue weighted by molar-refractivity contribution is 0.0297. The quantitative estimate of drug-likeness (QED) is 0.665. The Labute approximate surface area is 169 Å². The third-order valence-corrected chi connectivity index (χ3v) is 5.29. The molecule has 0 N–H and O–H groups in total. The molecule has 0 spiro atoms. The number of carbonyl (C=O) groups excluding carboxylic acids is 1. The molecule has 1 fully saturated rings. The van der Waals surface area contributed by atoms with Crippen molar-refractivity contribution in [3.8, 4) is 16.9 Å². The van der Waals surface area contributed by atoms with Crippen molar-refractivity contribution in [3.05, 3.63) is 70.4 Å². The number of halogens is 1. The van der Waals surface area contributed by atoms with E-state index in [1.165, 1.54) is 5.56 Å². The lowest BCUT2D eigenvalue weighted by atomic mass is 10.1. The van der Waals surface area contributed by atoms with Gasteiger partial charge < -0.3 is 9.64 Å². The lowest BCUT2D eigenvalue weighted by Crippen LogP contribution is -2.41. The van der Waals surface area contributed by atoms with Crippen molar-refractivity contribution in [2.24, 2.45) is 0 Å². The Morgan fingerprint density at radius 1 is 1.07 bits per heavy atom. The maximum absolute atomic E-state index is 13.3. The Morgan fingerprint density at radius 3 is 2.54 bits per heavy atom. The highest BCUT2D eigenvalue weighted by Crippen LogP contribution is 2.29. The molecule has 28 heavy (non-hydrogen) atoms. The molecule has 1 aliphatic rings. The number of rotatable bonds is 3. The van der Waals surface area contributed by atoms with Crippen LogP contribution in [-0.2, 0) is 4.74 Å². The number of nitrogens with zero attached hydrogens (tertiary/aromatic N) is 3. The number of carbonyl (C=O) groups is 1. The summed E-state index contributed by atoms with van der Waals surface area (Å²) in [6.07, 6.45) is 0. The second kappa shape index (κ2) is 7.78. The monoisotopic (exact) mass is 395 g/mol. The number of hydrogen-bond acceptors (Lipinski definition) is 3. The van der Waals surface area contributed by atoms with E-state index in [0.29, 0.717) is 42.7 Å². The predicted molar refractivity (Wildman–Crippen MR) is 110 cm³/mol. The van der Waals surface area contributed by atoms with Gasteiger partial charge in [0.2, 0.25) is 0 Å². The number of morpholine rings is 1. The molecule has 0 bridgehead atoms. The summed E-state index contributed by atoms with van der Waals surface area (Å²) in [5.41, 5.74) is 5.14. The number of aryl methyl sites for hydroxylation is 2. The topological polar surface area (TPSA) is 47.4 Å². The summed E-state index contributed by atoms with van der Waals surface area (Å²) in [6, 6.07) is 15.5. The standard InChI is InChI=1S/C22H22ClN3O2/c1-15-7-8-20(16(2)13-15)26-21(22(27)25-9-11-28-12-10-25)14-19(24-26)17-5-3-4-6-18(17)23/h3-8,13-14H,9-12H2,1-2H3. The fourth-order valence-electron chi connectivity index (χ4n) is 3.49. The van der Waals surface area contributed by atoms with Crippen LogP contribution in [0.2, 0.25) is 5.02 Å². The number of ether oxygens (including phenoxy) is 1. The molecular formula is C22H22ClN3O2. The molecule has 3 aromatic rings. The Bertz CT molecular complexity index is 1020. The van der Waals surface area contributed by atoms with Crippen LogP contribution in [0.25, 0.3) is 16.9 Å². The van der Waals surface area contributed by atoms with E-state index in [1.54, 1.807) is 4.68 Å². The maximum atomic E-state index is 13.3. The van der Waals surface area contributed by atoms with Gasteiger partial charge in [0.1, 0.15) is 5.69 Å². The normalized spacial score (nSPS) is 14.3. The summed E-state index contributed by atoms with van der Waals surface area (Å²) in [5.74, 6) is -0.0471. The van der Waals surface area contributed by atoms with Gasteiger partial charge in [0.05, 0.1) is 29.6 Å². The molecule has 144 valence electrons. The van der Waals surface area contributed by atoms with Gasteiger partial charge in [-0.05, 0) is 37.6 Å². The Hall–Kier alpha value is -2.63. The fraction of sp³-hybridized carbons (Fsp3) is 0.273. The Morgan fingerprint density at radius 2 is 1.82 bits per heavy atom. The van der Waals surface area contributed by atoms with Gasteiger partial charge in [-0.3, -0.25) is 4.79 Å². The zero-order chi connectivity index (χ0) is 19.7. The van der Waals surface area contributed by atoms with Crippen LogP contribution in [-0.4, -0.2) is 46.9 Å². The smallest absolute Gasteiger partial charge is 0.272 e. The van der Waals surface area contributed by atoms with Crippen molar-refractivity contribution >= 4 is 17.5 Å². The molecule has 0 saturated carbocycles. The predicted octanol–water partition coefficient (Wildman–Crippen LogP) is 4.28. The summed E-state index contributed by atoms with van der Waals surface area (Å²) in [5, 5.41) is 5.38. The molecule has 1 saturated heterocycles. The molecule has 2 heterocycles. The Kier molecular flexibility index (Phi) is 5.20. The first-order valence-electron chi connectivity index (χ1n) is 9.34. The van der Waals surface area contributed by atoms with Crippen molar-refractivity contribution in [3.63, 3.8) is 0 Å². The van der Waals surface area contributed by atoms with E-state index >= 15 is 0 Å². The molecule has 0 atom stereocenters. The van der Waals surface area contributed by atoms with Crippen LogP contribution in [0.15, 0.2) is 48.5 Å². The average molecular weight is 396 g/mol. The molecule has 5 nitrogen and oxygen atoms in total. The molecule has 0 aliphatic carbocycles. The van der Waals surface area contributed by atoms with Crippen LogP contribution in [0.4, 0.5) is 0 Å². The first kappa shape index (κ1) is 18.7. The zero-order valence-electron chi connectivity index (χ0n) is 16.0. The van der Waals surface area contributed by atoms with Gasteiger partial charge in [0, 0.05) is 18.7 Å². The number of aromatic nitrogens is 2. The van der Waals surface area contributed by atoms with Gasteiger partial charge in [0.25, 0.3) is 5.91 Å². The van der Waals surface area contributed by atoms with Crippen molar-refractivity contribution in [2.75, 3.05) is 26.3 Å². The summed E-state index contributed by atoms with van der Waals surface area (Å²) in [4.78, 5) is 15.1. The van der Waals surface area contributed by atoms with Crippen molar-refractivity contribution in [2.45, 2.75) is 13.8 Å². The molecule has 6 heteroatoms. The first-order valence-corrected chi connectivity index (χ1v) is 9.72. The molecule has 0 unspecified atom stereocenters. The van der Waals surface area contributed by atoms with Crippen LogP contribution in [0, 0.1) is 13.8 Å². The van der Waals surface area contributed by atoms with Gasteiger partial charge in [0.15, 0.2) is 0 Å². The molecular weight excluding hydrogens is 374 g/mol. The van der Waals surface area contributed by atoms with Crippen molar-refractivity contribution in [1.82, 2.24) is 14.7 Å². The highest BCUT2D eigenvalue weighted by molar-refractivity contribution is 6.33. The van der Waals surface area contributed by atoms with Gasteiger partial charge in [-0.1, -0.05) is 47.5 Å². The van der Waals surface area contributed by atoms with Crippen LogP contribution in [0.3, 0.4) is 0 Å². The minimum Gasteiger partial charge on any atom is -0.378 e. The first-order chi connectivity index (χ1) is 13.5. The summed E-state index contributed by atoms with van der Waals surface area (Å²) < 4.78 is 7.13. The summed E-state index contributed by atoms with van der Waals surface area (Å²) in [6.45, 7) is 6.36. The Balaban J connectivity index is 1.85. The van der Waals surface area contributed by atoms with E-state index in [0.717, 1.165) is 16.8 Å². The molecule has 4 rings (SSSR count).